The van der Waals surface area contributed by atoms with Crippen molar-refractivity contribution < 1.29 is 22.3 Å². The molecule has 1 aliphatic rings. The minimum absolute atomic E-state index is 0.283. The van der Waals surface area contributed by atoms with Gasteiger partial charge in [-0.05, 0) is 30.9 Å². The zero-order valence-corrected chi connectivity index (χ0v) is 12.7. The summed E-state index contributed by atoms with van der Waals surface area (Å²) in [6.45, 7) is -0.555. The van der Waals surface area contributed by atoms with E-state index in [1.54, 1.807) is 0 Å². The number of benzene rings is 1. The van der Waals surface area contributed by atoms with Gasteiger partial charge in [-0.3, -0.25) is 0 Å². The second-order valence-corrected chi connectivity index (χ2v) is 7.45. The normalized spacial score (nSPS) is 16.8. The summed E-state index contributed by atoms with van der Waals surface area (Å²) in [5.74, 6) is -1.88. The van der Waals surface area contributed by atoms with Gasteiger partial charge in [0.1, 0.15) is 10.7 Å². The van der Waals surface area contributed by atoms with E-state index in [0.717, 1.165) is 42.1 Å². The van der Waals surface area contributed by atoms with E-state index in [0.29, 0.717) is 6.54 Å². The van der Waals surface area contributed by atoms with Crippen LogP contribution in [0, 0.1) is 17.6 Å². The number of halogens is 2. The first-order chi connectivity index (χ1) is 9.87. The Labute approximate surface area is 123 Å². The summed E-state index contributed by atoms with van der Waals surface area (Å²) < 4.78 is 53.4. The molecule has 1 aliphatic carbocycles. The van der Waals surface area contributed by atoms with E-state index in [1.165, 1.54) is 7.05 Å². The Bertz CT molecular complexity index is 613. The van der Waals surface area contributed by atoms with Gasteiger partial charge in [0, 0.05) is 13.6 Å². The summed E-state index contributed by atoms with van der Waals surface area (Å²) in [5, 5.41) is 8.97. The smallest absolute Gasteiger partial charge is 0.245 e. The fourth-order valence-electron chi connectivity index (χ4n) is 2.74. The highest BCUT2D eigenvalue weighted by atomic mass is 32.2. The predicted molar refractivity (Wildman–Crippen MR) is 74.1 cm³/mol. The molecule has 0 unspecified atom stereocenters. The fraction of sp³-hybridized carbons (Fsp3) is 0.571. The molecule has 1 fully saturated rings. The van der Waals surface area contributed by atoms with Gasteiger partial charge in [-0.2, -0.15) is 0 Å². The van der Waals surface area contributed by atoms with Crippen LogP contribution in [0.4, 0.5) is 8.78 Å². The van der Waals surface area contributed by atoms with Crippen molar-refractivity contribution >= 4 is 10.0 Å². The van der Waals surface area contributed by atoms with Gasteiger partial charge in [0.25, 0.3) is 0 Å². The van der Waals surface area contributed by atoms with Crippen LogP contribution in [0.2, 0.25) is 0 Å². The maximum atomic E-state index is 14.1. The molecule has 0 bridgehead atoms. The lowest BCUT2D eigenvalue weighted by Crippen LogP contribution is -2.32. The van der Waals surface area contributed by atoms with Crippen molar-refractivity contribution in [2.45, 2.75) is 37.2 Å². The fourth-order valence-corrected chi connectivity index (χ4v) is 4.08. The molecule has 1 aromatic rings. The van der Waals surface area contributed by atoms with Crippen LogP contribution in [-0.4, -0.2) is 31.4 Å². The van der Waals surface area contributed by atoms with Crippen molar-refractivity contribution in [3.8, 4) is 0 Å². The van der Waals surface area contributed by atoms with Crippen LogP contribution in [0.25, 0.3) is 0 Å². The molecule has 1 saturated carbocycles. The molecule has 0 spiro atoms. The van der Waals surface area contributed by atoms with E-state index in [1.807, 2.05) is 0 Å². The lowest BCUT2D eigenvalue weighted by Gasteiger charge is -2.21. The molecule has 0 amide bonds. The molecule has 0 aromatic heterocycles. The summed E-state index contributed by atoms with van der Waals surface area (Å²) in [7, 11) is -2.63. The number of sulfonamides is 1. The maximum Gasteiger partial charge on any atom is 0.245 e. The molecule has 1 aromatic carbocycles. The second-order valence-electron chi connectivity index (χ2n) is 5.43. The molecule has 7 heteroatoms. The number of rotatable bonds is 5. The SMILES string of the molecule is CN(CC1CCCC1)S(=O)(=O)c1ccc(F)c(CO)c1F. The summed E-state index contributed by atoms with van der Waals surface area (Å²) in [6.07, 6.45) is 4.09. The average molecular weight is 319 g/mol. The van der Waals surface area contributed by atoms with Gasteiger partial charge in [-0.25, -0.2) is 21.5 Å². The first-order valence-corrected chi connectivity index (χ1v) is 8.36. The molecule has 0 radical (unpaired) electrons. The van der Waals surface area contributed by atoms with E-state index >= 15 is 0 Å². The molecular formula is C14H19F2NO3S. The van der Waals surface area contributed by atoms with Crippen LogP contribution < -0.4 is 0 Å². The first-order valence-electron chi connectivity index (χ1n) is 6.92. The molecule has 2 rings (SSSR count). The van der Waals surface area contributed by atoms with Gasteiger partial charge in [0.15, 0.2) is 5.82 Å². The van der Waals surface area contributed by atoms with Gasteiger partial charge in [-0.15, -0.1) is 0 Å². The zero-order chi connectivity index (χ0) is 15.6. The van der Waals surface area contributed by atoms with E-state index in [2.05, 4.69) is 0 Å². The third-order valence-electron chi connectivity index (χ3n) is 3.99. The highest BCUT2D eigenvalue weighted by Crippen LogP contribution is 2.28. The third-order valence-corrected chi connectivity index (χ3v) is 5.83. The number of aliphatic hydroxyl groups is 1. The first kappa shape index (κ1) is 16.3. The minimum Gasteiger partial charge on any atom is -0.391 e. The van der Waals surface area contributed by atoms with E-state index in [4.69, 9.17) is 5.11 Å². The molecule has 118 valence electrons. The predicted octanol–water partition coefficient (Wildman–Crippen LogP) is 2.27. The van der Waals surface area contributed by atoms with Crippen molar-refractivity contribution in [3.63, 3.8) is 0 Å². The number of nitrogens with zero attached hydrogens (tertiary/aromatic N) is 1. The molecular weight excluding hydrogens is 300 g/mol. The Morgan fingerprint density at radius 2 is 1.90 bits per heavy atom. The van der Waals surface area contributed by atoms with E-state index < -0.39 is 38.7 Å². The van der Waals surface area contributed by atoms with Crippen molar-refractivity contribution in [2.75, 3.05) is 13.6 Å². The lowest BCUT2D eigenvalue weighted by atomic mass is 10.1. The lowest BCUT2D eigenvalue weighted by molar-refractivity contribution is 0.267. The monoisotopic (exact) mass is 319 g/mol. The van der Waals surface area contributed by atoms with Crippen LogP contribution in [0.1, 0.15) is 31.2 Å². The Balaban J connectivity index is 2.30. The van der Waals surface area contributed by atoms with Crippen LogP contribution in [0.15, 0.2) is 17.0 Å². The number of hydrogen-bond donors (Lipinski definition) is 1. The standard InChI is InChI=1S/C14H19F2NO3S/c1-17(8-10-4-2-3-5-10)21(19,20)13-7-6-12(15)11(9-18)14(13)16/h6-7,10,18H,2-5,8-9H2,1H3. The second kappa shape index (κ2) is 6.37. The molecule has 0 aliphatic heterocycles. The van der Waals surface area contributed by atoms with Gasteiger partial charge in [0.05, 0.1) is 12.2 Å². The largest absolute Gasteiger partial charge is 0.391 e. The highest BCUT2D eigenvalue weighted by Gasteiger charge is 2.29. The maximum absolute atomic E-state index is 14.1. The molecule has 1 N–H and O–H groups in total. The van der Waals surface area contributed by atoms with Crippen LogP contribution in [-0.2, 0) is 16.6 Å². The molecule has 0 atom stereocenters. The van der Waals surface area contributed by atoms with Gasteiger partial charge in [-0.1, -0.05) is 12.8 Å². The Morgan fingerprint density at radius 1 is 1.29 bits per heavy atom. The Hall–Kier alpha value is -1.05. The van der Waals surface area contributed by atoms with Crippen molar-refractivity contribution in [3.05, 3.63) is 29.3 Å². The Morgan fingerprint density at radius 3 is 2.48 bits per heavy atom. The van der Waals surface area contributed by atoms with Crippen molar-refractivity contribution in [1.29, 1.82) is 0 Å². The highest BCUT2D eigenvalue weighted by molar-refractivity contribution is 7.89. The van der Waals surface area contributed by atoms with Crippen LogP contribution in [0.3, 0.4) is 0 Å². The topological polar surface area (TPSA) is 57.6 Å². The zero-order valence-electron chi connectivity index (χ0n) is 11.8. The summed E-state index contributed by atoms with van der Waals surface area (Å²) in [6, 6.07) is 1.77. The van der Waals surface area contributed by atoms with Gasteiger partial charge >= 0.3 is 0 Å². The number of aliphatic hydroxyl groups excluding tert-OH is 1. The molecule has 21 heavy (non-hydrogen) atoms. The molecule has 0 heterocycles. The van der Waals surface area contributed by atoms with Crippen molar-refractivity contribution in [2.24, 2.45) is 5.92 Å². The number of hydrogen-bond acceptors (Lipinski definition) is 3. The summed E-state index contributed by atoms with van der Waals surface area (Å²) in [4.78, 5) is -0.589. The van der Waals surface area contributed by atoms with E-state index in [9.17, 15) is 17.2 Å². The van der Waals surface area contributed by atoms with Gasteiger partial charge < -0.3 is 5.11 Å². The minimum atomic E-state index is -4.03. The van der Waals surface area contributed by atoms with Crippen LogP contribution >= 0.6 is 0 Å². The third kappa shape index (κ3) is 3.25. The average Bonchev–Trinajstić information content (AvgIpc) is 2.91. The van der Waals surface area contributed by atoms with E-state index in [-0.39, 0.29) is 5.92 Å². The summed E-state index contributed by atoms with van der Waals surface area (Å²) in [5.41, 5.74) is -0.620. The summed E-state index contributed by atoms with van der Waals surface area (Å²) >= 11 is 0. The molecule has 0 saturated heterocycles. The Kier molecular flexibility index (Phi) is 4.95. The quantitative estimate of drug-likeness (QED) is 0.906. The molecule has 4 nitrogen and oxygen atoms in total. The van der Waals surface area contributed by atoms with Crippen molar-refractivity contribution in [1.82, 2.24) is 4.31 Å². The van der Waals surface area contributed by atoms with Crippen LogP contribution in [0.5, 0.6) is 0 Å². The van der Waals surface area contributed by atoms with Gasteiger partial charge in [0.2, 0.25) is 10.0 Å².